The second kappa shape index (κ2) is 12.1. The Kier molecular flexibility index (Phi) is 10.9. The second-order valence-electron chi connectivity index (χ2n) is 6.74. The molecule has 0 aromatic heterocycles. The molecule has 3 rings (SSSR count). The van der Waals surface area contributed by atoms with Gasteiger partial charge in [-0.3, -0.25) is 14.8 Å². The fourth-order valence-electron chi connectivity index (χ4n) is 3.48. The van der Waals surface area contributed by atoms with Crippen LogP contribution in [0.2, 0.25) is 0 Å². The average molecular weight is 449 g/mol. The van der Waals surface area contributed by atoms with Gasteiger partial charge in [0.1, 0.15) is 0 Å². The van der Waals surface area contributed by atoms with E-state index in [-0.39, 0.29) is 24.0 Å². The third kappa shape index (κ3) is 6.88. The van der Waals surface area contributed by atoms with Gasteiger partial charge in [-0.15, -0.1) is 30.6 Å². The number of nitrogens with zero attached hydrogens (tertiary/aromatic N) is 4. The summed E-state index contributed by atoms with van der Waals surface area (Å²) in [5.41, 5.74) is 0. The highest BCUT2D eigenvalue weighted by atomic mass is 127. The van der Waals surface area contributed by atoms with Crippen LogP contribution in [0.1, 0.15) is 32.6 Å². The number of hydrogen-bond acceptors (Lipinski definition) is 3. The Balaban J connectivity index is 0.00000288. The monoisotopic (exact) mass is 449 g/mol. The van der Waals surface area contributed by atoms with Crippen LogP contribution in [0.25, 0.3) is 0 Å². The van der Waals surface area contributed by atoms with Crippen molar-refractivity contribution in [1.29, 1.82) is 0 Å². The van der Waals surface area contributed by atoms with Crippen molar-refractivity contribution in [1.82, 2.24) is 20.0 Å². The Labute approximate surface area is 165 Å². The Morgan fingerprint density at radius 3 is 2.58 bits per heavy atom. The lowest BCUT2D eigenvalue weighted by atomic mass is 10.1. The van der Waals surface area contributed by atoms with Gasteiger partial charge in [-0.25, -0.2) is 0 Å². The maximum absolute atomic E-state index is 4.92. The zero-order valence-electron chi connectivity index (χ0n) is 15.5. The SMILES string of the molecule is C=CCCCCCN(C)C(=NCC1CN2CCN1CC2)NCC.I. The van der Waals surface area contributed by atoms with Gasteiger partial charge in [-0.05, 0) is 26.2 Å². The van der Waals surface area contributed by atoms with Gasteiger partial charge >= 0.3 is 0 Å². The molecule has 3 heterocycles. The van der Waals surface area contributed by atoms with Gasteiger partial charge in [0, 0.05) is 58.9 Å². The third-order valence-electron chi connectivity index (χ3n) is 4.94. The van der Waals surface area contributed by atoms with Crippen molar-refractivity contribution in [2.75, 3.05) is 59.4 Å². The summed E-state index contributed by atoms with van der Waals surface area (Å²) in [4.78, 5) is 12.4. The summed E-state index contributed by atoms with van der Waals surface area (Å²) in [7, 11) is 2.16. The van der Waals surface area contributed by atoms with Crippen molar-refractivity contribution in [2.24, 2.45) is 4.99 Å². The second-order valence-corrected chi connectivity index (χ2v) is 6.74. The van der Waals surface area contributed by atoms with Gasteiger partial charge in [-0.2, -0.15) is 0 Å². The molecule has 0 aromatic carbocycles. The molecular weight excluding hydrogens is 413 g/mol. The number of aliphatic imine (C=N–C) groups is 1. The molecule has 3 saturated heterocycles. The third-order valence-corrected chi connectivity index (χ3v) is 4.94. The zero-order valence-corrected chi connectivity index (χ0v) is 17.9. The molecule has 5 nitrogen and oxygen atoms in total. The minimum atomic E-state index is 0. The molecule has 1 N–H and O–H groups in total. The zero-order chi connectivity index (χ0) is 16.5. The average Bonchev–Trinajstić information content (AvgIpc) is 2.59. The summed E-state index contributed by atoms with van der Waals surface area (Å²) in [5, 5.41) is 3.45. The van der Waals surface area contributed by atoms with Crippen LogP contribution in [0.4, 0.5) is 0 Å². The molecule has 6 heteroatoms. The lowest BCUT2D eigenvalue weighted by Crippen LogP contribution is -2.62. The molecule has 1 unspecified atom stereocenters. The van der Waals surface area contributed by atoms with Crippen LogP contribution in [0, 0.1) is 0 Å². The first-order chi connectivity index (χ1) is 11.2. The normalized spacial score (nSPS) is 25.9. The fourth-order valence-corrected chi connectivity index (χ4v) is 3.48. The summed E-state index contributed by atoms with van der Waals surface area (Å²) in [6.45, 7) is 15.0. The first-order valence-electron chi connectivity index (χ1n) is 9.31. The van der Waals surface area contributed by atoms with Crippen LogP contribution in [0.5, 0.6) is 0 Å². The summed E-state index contributed by atoms with van der Waals surface area (Å²) < 4.78 is 0. The minimum Gasteiger partial charge on any atom is -0.357 e. The number of hydrogen-bond donors (Lipinski definition) is 1. The maximum Gasteiger partial charge on any atom is 0.193 e. The van der Waals surface area contributed by atoms with E-state index in [1.165, 1.54) is 52.0 Å². The van der Waals surface area contributed by atoms with E-state index in [9.17, 15) is 0 Å². The number of nitrogens with one attached hydrogen (secondary N) is 1. The molecule has 0 radical (unpaired) electrons. The summed E-state index contributed by atoms with van der Waals surface area (Å²) in [6.07, 6.45) is 6.88. The molecular formula is C18H36IN5. The van der Waals surface area contributed by atoms with Crippen LogP contribution in [0.3, 0.4) is 0 Å². The van der Waals surface area contributed by atoms with E-state index in [1.54, 1.807) is 0 Å². The van der Waals surface area contributed by atoms with Crippen LogP contribution >= 0.6 is 24.0 Å². The van der Waals surface area contributed by atoms with Crippen molar-refractivity contribution in [3.63, 3.8) is 0 Å². The first-order valence-corrected chi connectivity index (χ1v) is 9.31. The van der Waals surface area contributed by atoms with E-state index in [2.05, 4.69) is 40.6 Å². The van der Waals surface area contributed by atoms with Gasteiger partial charge in [0.15, 0.2) is 5.96 Å². The van der Waals surface area contributed by atoms with Crippen molar-refractivity contribution in [2.45, 2.75) is 38.6 Å². The topological polar surface area (TPSA) is 34.1 Å². The summed E-state index contributed by atoms with van der Waals surface area (Å²) in [5.74, 6) is 1.06. The van der Waals surface area contributed by atoms with E-state index in [0.29, 0.717) is 6.04 Å². The standard InChI is InChI=1S/C18H35N5.HI/c1-4-6-7-8-9-10-21(3)18(19-5-2)20-15-17-16-22-11-13-23(17)14-12-22;/h4,17H,1,5-16H2,2-3H3,(H,19,20);1H. The number of unbranched alkanes of at least 4 members (excludes halogenated alkanes) is 3. The summed E-state index contributed by atoms with van der Waals surface area (Å²) in [6, 6.07) is 0.604. The highest BCUT2D eigenvalue weighted by Crippen LogP contribution is 2.15. The quantitative estimate of drug-likeness (QED) is 0.193. The number of halogens is 1. The van der Waals surface area contributed by atoms with Gasteiger partial charge in [0.05, 0.1) is 6.54 Å². The maximum atomic E-state index is 4.92. The predicted molar refractivity (Wildman–Crippen MR) is 114 cm³/mol. The molecule has 1 atom stereocenters. The van der Waals surface area contributed by atoms with Gasteiger partial charge in [-0.1, -0.05) is 12.5 Å². The molecule has 3 aliphatic rings. The van der Waals surface area contributed by atoms with Crippen LogP contribution < -0.4 is 5.32 Å². The molecule has 0 aliphatic carbocycles. The molecule has 0 aromatic rings. The molecule has 2 bridgehead atoms. The van der Waals surface area contributed by atoms with E-state index >= 15 is 0 Å². The van der Waals surface area contributed by atoms with Gasteiger partial charge < -0.3 is 10.2 Å². The van der Waals surface area contributed by atoms with Gasteiger partial charge in [0.2, 0.25) is 0 Å². The molecule has 3 fully saturated rings. The molecule has 140 valence electrons. The fraction of sp³-hybridized carbons (Fsp3) is 0.833. The number of fused-ring (bicyclic) bond motifs is 3. The van der Waals surface area contributed by atoms with Crippen molar-refractivity contribution >= 4 is 29.9 Å². The smallest absolute Gasteiger partial charge is 0.193 e. The van der Waals surface area contributed by atoms with Crippen molar-refractivity contribution in [3.8, 4) is 0 Å². The molecule has 0 saturated carbocycles. The van der Waals surface area contributed by atoms with E-state index in [4.69, 9.17) is 4.99 Å². The predicted octanol–water partition coefficient (Wildman–Crippen LogP) is 2.25. The van der Waals surface area contributed by atoms with Crippen LogP contribution in [-0.4, -0.2) is 86.1 Å². The van der Waals surface area contributed by atoms with E-state index in [0.717, 1.165) is 32.0 Å². The largest absolute Gasteiger partial charge is 0.357 e. The Morgan fingerprint density at radius 2 is 2.00 bits per heavy atom. The Bertz CT molecular complexity index is 380. The molecule has 24 heavy (non-hydrogen) atoms. The van der Waals surface area contributed by atoms with Gasteiger partial charge in [0.25, 0.3) is 0 Å². The highest BCUT2D eigenvalue weighted by Gasteiger charge is 2.31. The highest BCUT2D eigenvalue weighted by molar-refractivity contribution is 14.0. The summed E-state index contributed by atoms with van der Waals surface area (Å²) >= 11 is 0. The van der Waals surface area contributed by atoms with Crippen LogP contribution in [-0.2, 0) is 0 Å². The molecule has 0 spiro atoms. The van der Waals surface area contributed by atoms with Crippen molar-refractivity contribution < 1.29 is 0 Å². The minimum absolute atomic E-state index is 0. The number of piperazine rings is 3. The number of allylic oxidation sites excluding steroid dienone is 1. The molecule has 3 aliphatic heterocycles. The molecule has 0 amide bonds. The lowest BCUT2D eigenvalue weighted by molar-refractivity contribution is 0.0173. The number of guanidine groups is 1. The van der Waals surface area contributed by atoms with Crippen molar-refractivity contribution in [3.05, 3.63) is 12.7 Å². The van der Waals surface area contributed by atoms with Crippen LogP contribution in [0.15, 0.2) is 17.6 Å². The van der Waals surface area contributed by atoms with E-state index in [1.807, 2.05) is 6.08 Å². The Morgan fingerprint density at radius 1 is 1.25 bits per heavy atom. The number of rotatable bonds is 9. The Hall–Kier alpha value is -0.340. The lowest BCUT2D eigenvalue weighted by Gasteiger charge is -2.47. The van der Waals surface area contributed by atoms with E-state index < -0.39 is 0 Å². The first kappa shape index (κ1) is 21.7.